The lowest BCUT2D eigenvalue weighted by atomic mass is 9.95. The quantitative estimate of drug-likeness (QED) is 0.898. The molecule has 1 heterocycles. The highest BCUT2D eigenvalue weighted by molar-refractivity contribution is 5.93. The summed E-state index contributed by atoms with van der Waals surface area (Å²) in [5.74, 6) is -0.0362. The van der Waals surface area contributed by atoms with Crippen molar-refractivity contribution in [3.63, 3.8) is 0 Å². The minimum absolute atomic E-state index is 0.0362. The fourth-order valence-electron chi connectivity index (χ4n) is 2.84. The van der Waals surface area contributed by atoms with Crippen molar-refractivity contribution in [3.8, 4) is 0 Å². The van der Waals surface area contributed by atoms with E-state index in [1.54, 1.807) is 6.20 Å². The van der Waals surface area contributed by atoms with Crippen molar-refractivity contribution in [1.82, 2.24) is 10.3 Å². The molecule has 2 rings (SSSR count). The van der Waals surface area contributed by atoms with E-state index in [0.717, 1.165) is 31.6 Å². The van der Waals surface area contributed by atoms with Crippen molar-refractivity contribution in [2.75, 3.05) is 18.0 Å². The molecule has 4 nitrogen and oxygen atoms in total. The van der Waals surface area contributed by atoms with Crippen LogP contribution in [0.3, 0.4) is 0 Å². The third-order valence-corrected chi connectivity index (χ3v) is 4.05. The highest BCUT2D eigenvalue weighted by atomic mass is 16.1. The standard InChI is InChI=1S/C16H25N3O/c1-3-19(4-2)14-10-11-17-15(12-14)16(20)18-13-8-6-5-7-9-13/h10-13H,3-9H2,1-2H3,(H,18,20). The average Bonchev–Trinajstić information content (AvgIpc) is 2.50. The number of hydrogen-bond donors (Lipinski definition) is 1. The number of rotatable bonds is 5. The van der Waals surface area contributed by atoms with Crippen LogP contribution in [0.5, 0.6) is 0 Å². The van der Waals surface area contributed by atoms with Crippen molar-refractivity contribution in [2.24, 2.45) is 0 Å². The Morgan fingerprint density at radius 3 is 2.65 bits per heavy atom. The van der Waals surface area contributed by atoms with E-state index in [0.29, 0.717) is 11.7 Å². The van der Waals surface area contributed by atoms with Crippen LogP contribution < -0.4 is 10.2 Å². The van der Waals surface area contributed by atoms with Gasteiger partial charge in [0.15, 0.2) is 0 Å². The lowest BCUT2D eigenvalue weighted by Crippen LogP contribution is -2.36. The summed E-state index contributed by atoms with van der Waals surface area (Å²) in [6.45, 7) is 6.10. The number of anilines is 1. The van der Waals surface area contributed by atoms with E-state index in [9.17, 15) is 4.79 Å². The van der Waals surface area contributed by atoms with Gasteiger partial charge < -0.3 is 10.2 Å². The predicted octanol–water partition coefficient (Wildman–Crippen LogP) is 2.99. The number of nitrogens with one attached hydrogen (secondary N) is 1. The largest absolute Gasteiger partial charge is 0.372 e. The maximum atomic E-state index is 12.3. The molecule has 1 aliphatic carbocycles. The van der Waals surface area contributed by atoms with Crippen LogP contribution in [0.15, 0.2) is 18.3 Å². The van der Waals surface area contributed by atoms with Crippen LogP contribution in [-0.4, -0.2) is 30.0 Å². The third-order valence-electron chi connectivity index (χ3n) is 4.05. The molecule has 110 valence electrons. The Kier molecular flexibility index (Phi) is 5.39. The number of carbonyl (C=O) groups is 1. The number of pyridine rings is 1. The maximum absolute atomic E-state index is 12.3. The molecule has 1 fully saturated rings. The normalized spacial score (nSPS) is 15.9. The van der Waals surface area contributed by atoms with Crippen molar-refractivity contribution >= 4 is 11.6 Å². The van der Waals surface area contributed by atoms with Gasteiger partial charge in [-0.2, -0.15) is 0 Å². The Morgan fingerprint density at radius 2 is 2.00 bits per heavy atom. The zero-order valence-corrected chi connectivity index (χ0v) is 12.6. The fourth-order valence-corrected chi connectivity index (χ4v) is 2.84. The molecule has 0 atom stereocenters. The first-order valence-electron chi connectivity index (χ1n) is 7.76. The Morgan fingerprint density at radius 1 is 1.30 bits per heavy atom. The van der Waals surface area contributed by atoms with Gasteiger partial charge in [0.2, 0.25) is 0 Å². The highest BCUT2D eigenvalue weighted by Crippen LogP contribution is 2.18. The van der Waals surface area contributed by atoms with Gasteiger partial charge in [0.1, 0.15) is 5.69 Å². The van der Waals surface area contributed by atoms with E-state index >= 15 is 0 Å². The van der Waals surface area contributed by atoms with Crippen molar-refractivity contribution in [3.05, 3.63) is 24.0 Å². The summed E-state index contributed by atoms with van der Waals surface area (Å²) >= 11 is 0. The zero-order valence-electron chi connectivity index (χ0n) is 12.6. The molecule has 0 aromatic carbocycles. The second kappa shape index (κ2) is 7.27. The molecular weight excluding hydrogens is 250 g/mol. The van der Waals surface area contributed by atoms with Gasteiger partial charge in [0.05, 0.1) is 0 Å². The summed E-state index contributed by atoms with van der Waals surface area (Å²) in [7, 11) is 0. The monoisotopic (exact) mass is 275 g/mol. The predicted molar refractivity (Wildman–Crippen MR) is 82.1 cm³/mol. The maximum Gasteiger partial charge on any atom is 0.270 e. The van der Waals surface area contributed by atoms with Gasteiger partial charge in [0.25, 0.3) is 5.91 Å². The van der Waals surface area contributed by atoms with Gasteiger partial charge in [-0.15, -0.1) is 0 Å². The molecule has 1 aromatic heterocycles. The molecule has 1 saturated carbocycles. The number of nitrogens with zero attached hydrogens (tertiary/aromatic N) is 2. The van der Waals surface area contributed by atoms with E-state index in [1.165, 1.54) is 19.3 Å². The summed E-state index contributed by atoms with van der Waals surface area (Å²) < 4.78 is 0. The molecule has 1 aliphatic rings. The number of amides is 1. The van der Waals surface area contributed by atoms with Gasteiger partial charge in [-0.3, -0.25) is 9.78 Å². The van der Waals surface area contributed by atoms with E-state index in [2.05, 4.69) is 29.0 Å². The molecule has 0 unspecified atom stereocenters. The fraction of sp³-hybridized carbons (Fsp3) is 0.625. The minimum atomic E-state index is -0.0362. The van der Waals surface area contributed by atoms with Crippen LogP contribution >= 0.6 is 0 Å². The van der Waals surface area contributed by atoms with E-state index in [1.807, 2.05) is 12.1 Å². The number of carbonyl (C=O) groups excluding carboxylic acids is 1. The van der Waals surface area contributed by atoms with Crippen molar-refractivity contribution in [2.45, 2.75) is 52.0 Å². The van der Waals surface area contributed by atoms with Gasteiger partial charge in [-0.1, -0.05) is 19.3 Å². The van der Waals surface area contributed by atoms with Crippen LogP contribution in [0.1, 0.15) is 56.4 Å². The Balaban J connectivity index is 2.03. The molecule has 0 aliphatic heterocycles. The molecule has 1 amide bonds. The second-order valence-corrected chi connectivity index (χ2v) is 5.38. The van der Waals surface area contributed by atoms with Crippen molar-refractivity contribution < 1.29 is 4.79 Å². The summed E-state index contributed by atoms with van der Waals surface area (Å²) in [5, 5.41) is 3.12. The zero-order chi connectivity index (χ0) is 14.4. The van der Waals surface area contributed by atoms with E-state index in [-0.39, 0.29) is 5.91 Å². The van der Waals surface area contributed by atoms with Gasteiger partial charge in [0, 0.05) is 31.0 Å². The van der Waals surface area contributed by atoms with Gasteiger partial charge in [-0.25, -0.2) is 0 Å². The molecule has 0 bridgehead atoms. The number of aromatic nitrogens is 1. The van der Waals surface area contributed by atoms with Gasteiger partial charge in [-0.05, 0) is 38.8 Å². The topological polar surface area (TPSA) is 45.2 Å². The number of hydrogen-bond acceptors (Lipinski definition) is 3. The van der Waals surface area contributed by atoms with E-state index < -0.39 is 0 Å². The first-order chi connectivity index (χ1) is 9.74. The average molecular weight is 275 g/mol. The van der Waals surface area contributed by atoms with Crippen LogP contribution in [0.4, 0.5) is 5.69 Å². The van der Waals surface area contributed by atoms with Crippen LogP contribution in [0, 0.1) is 0 Å². The molecule has 4 heteroatoms. The molecule has 0 radical (unpaired) electrons. The summed E-state index contributed by atoms with van der Waals surface area (Å²) in [6, 6.07) is 4.19. The molecule has 1 aromatic rings. The summed E-state index contributed by atoms with van der Waals surface area (Å²) in [4.78, 5) is 18.7. The summed E-state index contributed by atoms with van der Waals surface area (Å²) in [6.07, 6.45) is 7.66. The van der Waals surface area contributed by atoms with Crippen LogP contribution in [0.2, 0.25) is 0 Å². The molecule has 0 saturated heterocycles. The van der Waals surface area contributed by atoms with E-state index in [4.69, 9.17) is 0 Å². The second-order valence-electron chi connectivity index (χ2n) is 5.38. The highest BCUT2D eigenvalue weighted by Gasteiger charge is 2.17. The smallest absolute Gasteiger partial charge is 0.270 e. The lowest BCUT2D eigenvalue weighted by molar-refractivity contribution is 0.0922. The first-order valence-corrected chi connectivity index (χ1v) is 7.76. The van der Waals surface area contributed by atoms with Gasteiger partial charge >= 0.3 is 0 Å². The first kappa shape index (κ1) is 14.8. The van der Waals surface area contributed by atoms with Crippen LogP contribution in [0.25, 0.3) is 0 Å². The van der Waals surface area contributed by atoms with Crippen molar-refractivity contribution in [1.29, 1.82) is 0 Å². The minimum Gasteiger partial charge on any atom is -0.372 e. The SMILES string of the molecule is CCN(CC)c1ccnc(C(=O)NC2CCCCC2)c1. The Hall–Kier alpha value is -1.58. The molecule has 20 heavy (non-hydrogen) atoms. The molecule has 1 N–H and O–H groups in total. The Bertz CT molecular complexity index is 437. The molecule has 0 spiro atoms. The Labute approximate surface area is 121 Å². The summed E-state index contributed by atoms with van der Waals surface area (Å²) in [5.41, 5.74) is 1.60. The lowest BCUT2D eigenvalue weighted by Gasteiger charge is -2.23. The van der Waals surface area contributed by atoms with Crippen LogP contribution in [-0.2, 0) is 0 Å². The molecular formula is C16H25N3O. The third kappa shape index (κ3) is 3.71.